The molecule has 0 aliphatic carbocycles. The third-order valence-corrected chi connectivity index (χ3v) is 3.05. The van der Waals surface area contributed by atoms with Gasteiger partial charge in [-0.2, -0.15) is 5.10 Å². The number of aromatic nitrogens is 2. The van der Waals surface area contributed by atoms with Crippen molar-refractivity contribution in [2.24, 2.45) is 0 Å². The third kappa shape index (κ3) is 0.945. The molecule has 0 amide bonds. The number of fused-ring (bicyclic) bond motifs is 1. The van der Waals surface area contributed by atoms with Crippen LogP contribution in [-0.2, 0) is 16.6 Å². The van der Waals surface area contributed by atoms with Gasteiger partial charge in [-0.3, -0.25) is 4.68 Å². The molecule has 1 aromatic heterocycles. The maximum absolute atomic E-state index is 11.2. The van der Waals surface area contributed by atoms with Gasteiger partial charge in [0, 0.05) is 6.54 Å². The van der Waals surface area contributed by atoms with Crippen molar-refractivity contribution >= 4 is 10.0 Å². The first-order valence-electron chi connectivity index (χ1n) is 3.22. The second-order valence-corrected chi connectivity index (χ2v) is 4.00. The lowest BCUT2D eigenvalue weighted by Crippen LogP contribution is -2.35. The fourth-order valence-corrected chi connectivity index (χ4v) is 2.24. The van der Waals surface area contributed by atoms with E-state index in [1.54, 1.807) is 0 Å². The van der Waals surface area contributed by atoms with E-state index in [1.165, 1.54) is 16.9 Å². The summed E-state index contributed by atoms with van der Waals surface area (Å²) in [6.45, 7) is 1.04. The zero-order valence-electron chi connectivity index (χ0n) is 5.69. The standard InChI is InChI=1S/C5H7N3O2S/c9-11(10)5-1-2-6-8(5)4-3-7-11/h1-2,7H,3-4H2. The fourth-order valence-electron chi connectivity index (χ4n) is 1.08. The van der Waals surface area contributed by atoms with Crippen LogP contribution in [0.5, 0.6) is 0 Å². The molecule has 0 atom stereocenters. The first-order valence-corrected chi connectivity index (χ1v) is 4.70. The van der Waals surface area contributed by atoms with E-state index in [0.717, 1.165) is 0 Å². The lowest BCUT2D eigenvalue weighted by atomic mass is 10.6. The monoisotopic (exact) mass is 173 g/mol. The molecule has 1 aliphatic rings. The van der Waals surface area contributed by atoms with Gasteiger partial charge in [0.15, 0.2) is 5.03 Å². The van der Waals surface area contributed by atoms with Gasteiger partial charge in [-0.1, -0.05) is 0 Å². The largest absolute Gasteiger partial charge is 0.257 e. The summed E-state index contributed by atoms with van der Waals surface area (Å²) in [5.41, 5.74) is 0. The smallest absolute Gasteiger partial charge is 0.252 e. The average Bonchev–Trinajstić information content (AvgIpc) is 2.34. The minimum Gasteiger partial charge on any atom is -0.252 e. The van der Waals surface area contributed by atoms with Gasteiger partial charge in [-0.05, 0) is 6.07 Å². The predicted molar refractivity (Wildman–Crippen MR) is 37.4 cm³/mol. The minimum absolute atomic E-state index is 0.253. The summed E-state index contributed by atoms with van der Waals surface area (Å²) in [7, 11) is -3.25. The van der Waals surface area contributed by atoms with Gasteiger partial charge in [0.1, 0.15) is 0 Å². The summed E-state index contributed by atoms with van der Waals surface area (Å²) >= 11 is 0. The zero-order chi connectivity index (χ0) is 7.90. The highest BCUT2D eigenvalue weighted by Gasteiger charge is 2.22. The summed E-state index contributed by atoms with van der Waals surface area (Å²) in [4.78, 5) is 0. The van der Waals surface area contributed by atoms with Crippen LogP contribution < -0.4 is 4.72 Å². The molecule has 0 fully saturated rings. The van der Waals surface area contributed by atoms with Crippen molar-refractivity contribution in [3.05, 3.63) is 12.3 Å². The highest BCUT2D eigenvalue weighted by atomic mass is 32.2. The fraction of sp³-hybridized carbons (Fsp3) is 0.400. The zero-order valence-corrected chi connectivity index (χ0v) is 6.50. The van der Waals surface area contributed by atoms with Crippen LogP contribution in [0, 0.1) is 0 Å². The molecule has 0 saturated heterocycles. The van der Waals surface area contributed by atoms with E-state index in [2.05, 4.69) is 9.82 Å². The molecular formula is C5H7N3O2S. The van der Waals surface area contributed by atoms with Crippen molar-refractivity contribution < 1.29 is 8.42 Å². The molecule has 1 aliphatic heterocycles. The number of sulfonamides is 1. The van der Waals surface area contributed by atoms with Crippen molar-refractivity contribution in [2.75, 3.05) is 6.54 Å². The number of nitrogens with one attached hydrogen (secondary N) is 1. The van der Waals surface area contributed by atoms with Gasteiger partial charge in [0.2, 0.25) is 0 Å². The molecule has 0 radical (unpaired) electrons. The molecule has 6 heteroatoms. The molecule has 2 heterocycles. The first kappa shape index (κ1) is 6.81. The lowest BCUT2D eigenvalue weighted by Gasteiger charge is -2.14. The average molecular weight is 173 g/mol. The summed E-state index contributed by atoms with van der Waals surface area (Å²) in [6, 6.07) is 1.49. The molecule has 1 aromatic rings. The van der Waals surface area contributed by atoms with Crippen molar-refractivity contribution in [2.45, 2.75) is 11.6 Å². The summed E-state index contributed by atoms with van der Waals surface area (Å²) < 4.78 is 26.2. The predicted octanol–water partition coefficient (Wildman–Crippen LogP) is -0.825. The number of hydrogen-bond acceptors (Lipinski definition) is 3. The first-order chi connectivity index (χ1) is 5.20. The van der Waals surface area contributed by atoms with Crippen LogP contribution in [0.15, 0.2) is 17.3 Å². The van der Waals surface area contributed by atoms with E-state index >= 15 is 0 Å². The van der Waals surface area contributed by atoms with Crippen LogP contribution in [0.25, 0.3) is 0 Å². The SMILES string of the molecule is O=S1(=O)NCCn2nccc21. The van der Waals surface area contributed by atoms with Crippen LogP contribution in [0.4, 0.5) is 0 Å². The summed E-state index contributed by atoms with van der Waals surface area (Å²) in [6.07, 6.45) is 1.49. The number of nitrogens with zero attached hydrogens (tertiary/aromatic N) is 2. The second kappa shape index (κ2) is 2.05. The van der Waals surface area contributed by atoms with Crippen LogP contribution in [0.3, 0.4) is 0 Å². The van der Waals surface area contributed by atoms with Gasteiger partial charge in [0.05, 0.1) is 12.7 Å². The quantitative estimate of drug-likeness (QED) is 0.557. The van der Waals surface area contributed by atoms with Crippen LogP contribution >= 0.6 is 0 Å². The second-order valence-electron chi connectivity index (χ2n) is 2.29. The van der Waals surface area contributed by atoms with Crippen molar-refractivity contribution in [1.29, 1.82) is 0 Å². The van der Waals surface area contributed by atoms with E-state index in [-0.39, 0.29) is 5.03 Å². The Labute approximate surface area is 64.1 Å². The molecule has 60 valence electrons. The number of rotatable bonds is 0. The van der Waals surface area contributed by atoms with E-state index < -0.39 is 10.0 Å². The summed E-state index contributed by atoms with van der Waals surface area (Å²) in [5, 5.41) is 4.10. The molecule has 0 bridgehead atoms. The molecule has 0 spiro atoms. The van der Waals surface area contributed by atoms with Gasteiger partial charge in [0.25, 0.3) is 10.0 Å². The van der Waals surface area contributed by atoms with Crippen molar-refractivity contribution in [3.63, 3.8) is 0 Å². The molecule has 5 nitrogen and oxygen atoms in total. The molecule has 0 saturated carbocycles. The molecular weight excluding hydrogens is 166 g/mol. The minimum atomic E-state index is -3.25. The third-order valence-electron chi connectivity index (χ3n) is 1.57. The van der Waals surface area contributed by atoms with Crippen LogP contribution in [0.1, 0.15) is 0 Å². The Morgan fingerprint density at radius 1 is 1.64 bits per heavy atom. The van der Waals surface area contributed by atoms with Crippen LogP contribution in [-0.4, -0.2) is 24.7 Å². The van der Waals surface area contributed by atoms with Gasteiger partial charge in [-0.25, -0.2) is 13.1 Å². The van der Waals surface area contributed by atoms with Crippen molar-refractivity contribution in [3.8, 4) is 0 Å². The van der Waals surface area contributed by atoms with Crippen LogP contribution in [0.2, 0.25) is 0 Å². The maximum Gasteiger partial charge on any atom is 0.257 e. The Morgan fingerprint density at radius 2 is 2.45 bits per heavy atom. The Kier molecular flexibility index (Phi) is 1.27. The molecule has 11 heavy (non-hydrogen) atoms. The van der Waals surface area contributed by atoms with E-state index in [0.29, 0.717) is 13.1 Å². The molecule has 0 unspecified atom stereocenters. The maximum atomic E-state index is 11.2. The number of hydrogen-bond donors (Lipinski definition) is 1. The Morgan fingerprint density at radius 3 is 3.18 bits per heavy atom. The Hall–Kier alpha value is -0.880. The van der Waals surface area contributed by atoms with E-state index in [4.69, 9.17) is 0 Å². The van der Waals surface area contributed by atoms with Gasteiger partial charge >= 0.3 is 0 Å². The molecule has 2 rings (SSSR count). The normalized spacial score (nSPS) is 21.1. The highest BCUT2D eigenvalue weighted by Crippen LogP contribution is 2.10. The Bertz CT molecular complexity index is 367. The highest BCUT2D eigenvalue weighted by molar-refractivity contribution is 7.89. The van der Waals surface area contributed by atoms with Gasteiger partial charge < -0.3 is 0 Å². The van der Waals surface area contributed by atoms with E-state index in [1.807, 2.05) is 0 Å². The molecule has 1 N–H and O–H groups in total. The van der Waals surface area contributed by atoms with Gasteiger partial charge in [-0.15, -0.1) is 0 Å². The van der Waals surface area contributed by atoms with E-state index in [9.17, 15) is 8.42 Å². The Balaban J connectivity index is 2.66. The molecule has 0 aromatic carbocycles. The summed E-state index contributed by atoms with van der Waals surface area (Å²) in [5.74, 6) is 0. The van der Waals surface area contributed by atoms with Crippen molar-refractivity contribution in [1.82, 2.24) is 14.5 Å². The lowest BCUT2D eigenvalue weighted by molar-refractivity contribution is 0.494. The topological polar surface area (TPSA) is 64.0 Å².